The SMILES string of the molecule is CCCCC[C@H](NC(=O)c1cccc(OCCCF)c1)C(=O)CCl.CCCCC[C@H](NC(=O)c1cccc(OCCCF)c1)C(=O)COc1c(F)cccc1F.Oc1c(F)cccc1F. The largest absolute Gasteiger partial charge is 0.503 e. The average molecular weight is 939 g/mol. The van der Waals surface area contributed by atoms with E-state index in [-0.39, 0.29) is 42.8 Å². The van der Waals surface area contributed by atoms with E-state index in [1.165, 1.54) is 18.2 Å². The topological polar surface area (TPSA) is 140 Å². The second-order valence-corrected chi connectivity index (χ2v) is 14.6. The fourth-order valence-corrected chi connectivity index (χ4v) is 5.88. The van der Waals surface area contributed by atoms with E-state index in [2.05, 4.69) is 17.6 Å². The highest BCUT2D eigenvalue weighted by Gasteiger charge is 2.24. The second kappa shape index (κ2) is 32.0. The van der Waals surface area contributed by atoms with Crippen LogP contribution in [0.4, 0.5) is 26.3 Å². The van der Waals surface area contributed by atoms with E-state index in [1.54, 1.807) is 42.5 Å². The van der Waals surface area contributed by atoms with Gasteiger partial charge in [-0.2, -0.15) is 0 Å². The first-order valence-electron chi connectivity index (χ1n) is 21.3. The molecule has 0 heterocycles. The van der Waals surface area contributed by atoms with Crippen molar-refractivity contribution in [1.82, 2.24) is 10.6 Å². The van der Waals surface area contributed by atoms with Gasteiger partial charge in [0.2, 0.25) is 0 Å². The number of rotatable bonds is 26. The van der Waals surface area contributed by atoms with Crippen molar-refractivity contribution in [2.45, 2.75) is 90.1 Å². The number of Topliss-reactive ketones (excluding diaryl/α,β-unsaturated/α-hetero) is 2. The van der Waals surface area contributed by atoms with E-state index in [4.69, 9.17) is 30.9 Å². The van der Waals surface area contributed by atoms with Crippen molar-refractivity contribution in [3.05, 3.63) is 119 Å². The number of unbranched alkanes of at least 4 members (excludes halogenated alkanes) is 4. The van der Waals surface area contributed by atoms with E-state index in [1.807, 2.05) is 6.92 Å². The minimum absolute atomic E-state index is 0.122. The zero-order valence-electron chi connectivity index (χ0n) is 36.5. The maximum Gasteiger partial charge on any atom is 0.251 e. The minimum Gasteiger partial charge on any atom is -0.503 e. The minimum atomic E-state index is -0.935. The lowest BCUT2D eigenvalue weighted by Crippen LogP contribution is -2.43. The van der Waals surface area contributed by atoms with Crippen LogP contribution >= 0.6 is 11.6 Å². The van der Waals surface area contributed by atoms with Crippen LogP contribution in [0.25, 0.3) is 0 Å². The van der Waals surface area contributed by atoms with Gasteiger partial charge in [0.1, 0.15) is 18.1 Å². The van der Waals surface area contributed by atoms with Crippen molar-refractivity contribution >= 4 is 35.0 Å². The van der Waals surface area contributed by atoms with Gasteiger partial charge in [0.25, 0.3) is 11.8 Å². The summed E-state index contributed by atoms with van der Waals surface area (Å²) in [7, 11) is 0. The van der Waals surface area contributed by atoms with Crippen molar-refractivity contribution in [3.63, 3.8) is 0 Å². The molecule has 0 aliphatic rings. The van der Waals surface area contributed by atoms with Gasteiger partial charge in [-0.25, -0.2) is 17.6 Å². The van der Waals surface area contributed by atoms with E-state index in [9.17, 15) is 45.5 Å². The number of hydrogen-bond acceptors (Lipinski definition) is 8. The summed E-state index contributed by atoms with van der Waals surface area (Å²) in [6, 6.07) is 17.9. The molecular weight excluding hydrogens is 882 g/mol. The second-order valence-electron chi connectivity index (χ2n) is 14.4. The Balaban J connectivity index is 0.000000384. The zero-order chi connectivity index (χ0) is 48.0. The lowest BCUT2D eigenvalue weighted by Gasteiger charge is -2.18. The first kappa shape index (κ1) is 55.4. The predicted molar refractivity (Wildman–Crippen MR) is 236 cm³/mol. The highest BCUT2D eigenvalue weighted by atomic mass is 35.5. The number of hydrogen-bond donors (Lipinski definition) is 3. The molecule has 0 aromatic heterocycles. The number of halogens is 7. The van der Waals surface area contributed by atoms with Crippen LogP contribution in [0, 0.1) is 23.3 Å². The van der Waals surface area contributed by atoms with Crippen molar-refractivity contribution < 1.29 is 64.8 Å². The van der Waals surface area contributed by atoms with E-state index >= 15 is 0 Å². The Morgan fingerprint density at radius 2 is 1.00 bits per heavy atom. The van der Waals surface area contributed by atoms with Crippen LogP contribution < -0.4 is 24.8 Å². The van der Waals surface area contributed by atoms with Crippen LogP contribution in [-0.2, 0) is 9.59 Å². The van der Waals surface area contributed by atoms with Crippen molar-refractivity contribution in [1.29, 1.82) is 0 Å². The predicted octanol–water partition coefficient (Wildman–Crippen LogP) is 10.6. The van der Waals surface area contributed by atoms with E-state index in [0.29, 0.717) is 42.7 Å². The number of carbonyl (C=O) groups is 4. The number of alkyl halides is 3. The highest BCUT2D eigenvalue weighted by Crippen LogP contribution is 2.22. The molecule has 3 N–H and O–H groups in total. The fourth-order valence-electron chi connectivity index (χ4n) is 5.70. The molecule has 65 heavy (non-hydrogen) atoms. The number of para-hydroxylation sites is 2. The summed E-state index contributed by atoms with van der Waals surface area (Å²) < 4.78 is 91.9. The Bertz CT molecular complexity index is 2020. The molecule has 4 rings (SSSR count). The molecule has 4 aromatic carbocycles. The molecule has 10 nitrogen and oxygen atoms in total. The van der Waals surface area contributed by atoms with Gasteiger partial charge in [0.05, 0.1) is 44.5 Å². The lowest BCUT2D eigenvalue weighted by atomic mass is 10.0. The number of phenols is 1. The Kier molecular flexibility index (Phi) is 27.2. The highest BCUT2D eigenvalue weighted by molar-refractivity contribution is 6.28. The Labute approximate surface area is 381 Å². The van der Waals surface area contributed by atoms with Crippen LogP contribution in [0.1, 0.15) is 98.8 Å². The maximum atomic E-state index is 13.8. The smallest absolute Gasteiger partial charge is 0.251 e. The number of ether oxygens (including phenoxy) is 3. The summed E-state index contributed by atoms with van der Waals surface area (Å²) in [6.07, 6.45) is 6.86. The number of carbonyl (C=O) groups excluding carboxylic acids is 4. The first-order valence-corrected chi connectivity index (χ1v) is 21.8. The molecule has 0 aliphatic carbocycles. The van der Waals surface area contributed by atoms with Crippen LogP contribution in [0.3, 0.4) is 0 Å². The normalized spacial score (nSPS) is 11.4. The molecule has 0 fully saturated rings. The Morgan fingerprint density at radius 1 is 0.585 bits per heavy atom. The van der Waals surface area contributed by atoms with Gasteiger partial charge in [-0.05, 0) is 73.5 Å². The van der Waals surface area contributed by atoms with Crippen LogP contribution in [0.15, 0.2) is 84.9 Å². The van der Waals surface area contributed by atoms with Crippen molar-refractivity contribution in [2.75, 3.05) is 39.0 Å². The van der Waals surface area contributed by atoms with Gasteiger partial charge in [0, 0.05) is 24.0 Å². The summed E-state index contributed by atoms with van der Waals surface area (Å²) in [6.45, 7) is 3.00. The van der Waals surface area contributed by atoms with E-state index in [0.717, 1.165) is 56.4 Å². The monoisotopic (exact) mass is 938 g/mol. The van der Waals surface area contributed by atoms with Gasteiger partial charge < -0.3 is 30.0 Å². The van der Waals surface area contributed by atoms with Gasteiger partial charge in [-0.1, -0.05) is 76.6 Å². The summed E-state index contributed by atoms with van der Waals surface area (Å²) >= 11 is 5.63. The zero-order valence-corrected chi connectivity index (χ0v) is 37.3. The number of nitrogens with one attached hydrogen (secondary N) is 2. The number of ketones is 2. The number of aromatic hydroxyl groups is 1. The van der Waals surface area contributed by atoms with Gasteiger partial charge in [-0.3, -0.25) is 28.0 Å². The standard InChI is InChI=1S/C24H28F3NO4.C18H25ClFNO3.C6H4F2O/c1-2-3-4-12-21(22(29)16-32-23-19(26)10-6-11-20(23)27)28-24(30)17-8-5-9-18(15-17)31-14-7-13-25;1-2-3-4-9-16(17(22)13-19)21-18(23)14-7-5-8-15(12-14)24-11-6-10-20;7-4-2-1-3-5(8)6(4)9/h5-6,8-11,15,21H,2-4,7,12-14,16H2,1H3,(H,28,30);5,7-8,12,16H,2-4,6,9-11,13H2,1H3,(H,21,23);1-3,9H/t21-;16-;/m00./s1. The lowest BCUT2D eigenvalue weighted by molar-refractivity contribution is -0.123. The average Bonchev–Trinajstić information content (AvgIpc) is 3.30. The molecule has 0 spiro atoms. The number of amides is 2. The Morgan fingerprint density at radius 3 is 1.40 bits per heavy atom. The third-order valence-corrected chi connectivity index (χ3v) is 9.48. The molecule has 0 radical (unpaired) electrons. The summed E-state index contributed by atoms with van der Waals surface area (Å²) in [5.41, 5.74) is 0.674. The Hall–Kier alpha value is -5.77. The van der Waals surface area contributed by atoms with Crippen molar-refractivity contribution in [2.24, 2.45) is 0 Å². The third-order valence-electron chi connectivity index (χ3n) is 9.21. The van der Waals surface area contributed by atoms with Gasteiger partial charge in [-0.15, -0.1) is 11.6 Å². The van der Waals surface area contributed by atoms with Crippen LogP contribution in [0.5, 0.6) is 23.0 Å². The molecule has 0 aliphatic heterocycles. The molecule has 0 saturated heterocycles. The van der Waals surface area contributed by atoms with Crippen LogP contribution in [-0.4, -0.2) is 79.6 Å². The summed E-state index contributed by atoms with van der Waals surface area (Å²) in [5.74, 6) is -5.95. The summed E-state index contributed by atoms with van der Waals surface area (Å²) in [5, 5.41) is 13.9. The molecule has 2 amide bonds. The quantitative estimate of drug-likeness (QED) is 0.0321. The fraction of sp³-hybridized carbons (Fsp3) is 0.417. The third kappa shape index (κ3) is 21.2. The van der Waals surface area contributed by atoms with Gasteiger partial charge >= 0.3 is 0 Å². The number of benzene rings is 4. The molecule has 356 valence electrons. The summed E-state index contributed by atoms with van der Waals surface area (Å²) in [4.78, 5) is 49.7. The molecule has 0 bridgehead atoms. The van der Waals surface area contributed by atoms with Gasteiger partial charge in [0.15, 0.2) is 46.3 Å². The molecule has 4 aromatic rings. The maximum absolute atomic E-state index is 13.8. The molecule has 2 atom stereocenters. The van der Waals surface area contributed by atoms with Crippen molar-refractivity contribution in [3.8, 4) is 23.0 Å². The molecule has 0 unspecified atom stereocenters. The first-order chi connectivity index (χ1) is 31.3. The van der Waals surface area contributed by atoms with E-state index < -0.39 is 78.5 Å². The number of phenolic OH excluding ortho intramolecular Hbond substituents is 1. The van der Waals surface area contributed by atoms with Crippen LogP contribution in [0.2, 0.25) is 0 Å². The molecule has 0 saturated carbocycles. The molecular formula is C48H57ClF6N2O8. The molecule has 17 heteroatoms.